The van der Waals surface area contributed by atoms with Gasteiger partial charge in [-0.1, -0.05) is 6.07 Å². The van der Waals surface area contributed by atoms with Gasteiger partial charge in [0, 0.05) is 42.8 Å². The normalized spacial score (nSPS) is 13.1. The van der Waals surface area contributed by atoms with Crippen LogP contribution in [-0.4, -0.2) is 34.8 Å². The summed E-state index contributed by atoms with van der Waals surface area (Å²) < 4.78 is 1.79. The highest BCUT2D eigenvalue weighted by Gasteiger charge is 2.11. The highest BCUT2D eigenvalue weighted by Crippen LogP contribution is 2.12. The topological polar surface area (TPSA) is 47.1 Å². The summed E-state index contributed by atoms with van der Waals surface area (Å²) in [5, 5.41) is 6.27. The van der Waals surface area contributed by atoms with Crippen LogP contribution < -0.4 is 5.73 Å². The summed E-state index contributed by atoms with van der Waals surface area (Å²) in [4.78, 5) is 3.70. The lowest BCUT2D eigenvalue weighted by atomic mass is 10.1. The molecule has 2 rings (SSSR count). The number of aromatic nitrogens is 2. The van der Waals surface area contributed by atoms with Crippen LogP contribution in [0.25, 0.3) is 0 Å². The fraction of sp³-hybridized carbons (Fsp3) is 0.462. The van der Waals surface area contributed by atoms with Crippen molar-refractivity contribution < 1.29 is 0 Å². The highest BCUT2D eigenvalue weighted by atomic mass is 32.1. The Balaban J connectivity index is 1.78. The summed E-state index contributed by atoms with van der Waals surface area (Å²) in [7, 11) is 4.03. The Morgan fingerprint density at radius 1 is 1.56 bits per heavy atom. The number of nitrogens with zero attached hydrogens (tertiary/aromatic N) is 3. The summed E-state index contributed by atoms with van der Waals surface area (Å²) in [6.45, 7) is 1.89. The lowest BCUT2D eigenvalue weighted by Gasteiger charge is -2.20. The van der Waals surface area contributed by atoms with E-state index in [9.17, 15) is 0 Å². The molecule has 18 heavy (non-hydrogen) atoms. The van der Waals surface area contributed by atoms with Crippen molar-refractivity contribution >= 4 is 11.3 Å². The van der Waals surface area contributed by atoms with Gasteiger partial charge in [-0.15, -0.1) is 11.3 Å². The molecule has 1 atom stereocenters. The van der Waals surface area contributed by atoms with Crippen LogP contribution in [0.3, 0.4) is 0 Å². The molecule has 0 spiro atoms. The van der Waals surface area contributed by atoms with Gasteiger partial charge in [0.25, 0.3) is 0 Å². The Kier molecular flexibility index (Phi) is 4.52. The van der Waals surface area contributed by atoms with Crippen molar-refractivity contribution in [1.29, 1.82) is 0 Å². The average Bonchev–Trinajstić information content (AvgIpc) is 2.97. The van der Waals surface area contributed by atoms with E-state index < -0.39 is 0 Å². The van der Waals surface area contributed by atoms with Gasteiger partial charge in [-0.05, 0) is 24.9 Å². The zero-order valence-corrected chi connectivity index (χ0v) is 11.7. The predicted molar refractivity (Wildman–Crippen MR) is 75.7 cm³/mol. The van der Waals surface area contributed by atoms with Gasteiger partial charge in [-0.2, -0.15) is 5.10 Å². The first-order valence-electron chi connectivity index (χ1n) is 6.10. The molecule has 0 saturated carbocycles. The van der Waals surface area contributed by atoms with Crippen LogP contribution >= 0.6 is 11.3 Å². The predicted octanol–water partition coefficient (Wildman–Crippen LogP) is 1.66. The maximum absolute atomic E-state index is 6.17. The second-order valence-electron chi connectivity index (χ2n) is 4.65. The maximum Gasteiger partial charge on any atom is 0.0537 e. The summed E-state index contributed by atoms with van der Waals surface area (Å²) in [6.07, 6.45) is 4.92. The zero-order valence-electron chi connectivity index (χ0n) is 10.9. The summed E-state index contributed by atoms with van der Waals surface area (Å²) in [5.41, 5.74) is 7.26. The van der Waals surface area contributed by atoms with E-state index in [1.807, 2.05) is 30.8 Å². The number of nitrogens with two attached hydrogens (primary N) is 1. The summed E-state index contributed by atoms with van der Waals surface area (Å²) in [5.74, 6) is 0. The van der Waals surface area contributed by atoms with Gasteiger partial charge in [0.05, 0.1) is 6.20 Å². The van der Waals surface area contributed by atoms with Crippen LogP contribution in [0.2, 0.25) is 0 Å². The fourth-order valence-electron chi connectivity index (χ4n) is 1.92. The number of hydrogen-bond donors (Lipinski definition) is 1. The van der Waals surface area contributed by atoms with Crippen LogP contribution in [0.15, 0.2) is 29.9 Å². The Hall–Kier alpha value is -1.17. The van der Waals surface area contributed by atoms with Crippen molar-refractivity contribution in [2.24, 2.45) is 12.8 Å². The van der Waals surface area contributed by atoms with Gasteiger partial charge in [-0.3, -0.25) is 4.68 Å². The molecule has 2 heterocycles. The maximum atomic E-state index is 6.17. The van der Waals surface area contributed by atoms with Crippen molar-refractivity contribution in [3.05, 3.63) is 40.3 Å². The van der Waals surface area contributed by atoms with Gasteiger partial charge in [0.1, 0.15) is 0 Å². The minimum atomic E-state index is 0.0343. The zero-order chi connectivity index (χ0) is 13.0. The van der Waals surface area contributed by atoms with Gasteiger partial charge < -0.3 is 10.6 Å². The molecule has 5 heteroatoms. The standard InChI is InChI=1S/C13H20N4S/c1-16(6-5-12-4-3-7-18-12)10-13(14)11-8-15-17(2)9-11/h3-4,7-9,13H,5-6,10,14H2,1-2H3. The van der Waals surface area contributed by atoms with E-state index in [1.165, 1.54) is 4.88 Å². The third-order valence-corrected chi connectivity index (χ3v) is 3.92. The molecule has 0 saturated heterocycles. The van der Waals surface area contributed by atoms with Gasteiger partial charge >= 0.3 is 0 Å². The second-order valence-corrected chi connectivity index (χ2v) is 5.68. The number of hydrogen-bond acceptors (Lipinski definition) is 4. The van der Waals surface area contributed by atoms with Crippen molar-refractivity contribution in [3.63, 3.8) is 0 Å². The van der Waals surface area contributed by atoms with E-state index in [1.54, 1.807) is 4.68 Å². The Morgan fingerprint density at radius 2 is 2.39 bits per heavy atom. The summed E-state index contributed by atoms with van der Waals surface area (Å²) in [6, 6.07) is 4.31. The highest BCUT2D eigenvalue weighted by molar-refractivity contribution is 7.09. The average molecular weight is 264 g/mol. The molecule has 0 bridgehead atoms. The van der Waals surface area contributed by atoms with E-state index in [4.69, 9.17) is 5.73 Å². The molecular weight excluding hydrogens is 244 g/mol. The molecule has 0 aliphatic heterocycles. The lowest BCUT2D eigenvalue weighted by Crippen LogP contribution is -2.30. The minimum Gasteiger partial charge on any atom is -0.323 e. The third kappa shape index (κ3) is 3.66. The van der Waals surface area contributed by atoms with Gasteiger partial charge in [-0.25, -0.2) is 0 Å². The molecule has 0 fully saturated rings. The molecule has 98 valence electrons. The lowest BCUT2D eigenvalue weighted by molar-refractivity contribution is 0.317. The number of thiophene rings is 1. The number of likely N-dealkylation sites (N-methyl/N-ethyl adjacent to an activating group) is 1. The Morgan fingerprint density at radius 3 is 3.00 bits per heavy atom. The van der Waals surface area contributed by atoms with Crippen LogP contribution in [0.1, 0.15) is 16.5 Å². The van der Waals surface area contributed by atoms with Gasteiger partial charge in [0.2, 0.25) is 0 Å². The fourth-order valence-corrected chi connectivity index (χ4v) is 2.62. The van der Waals surface area contributed by atoms with Crippen LogP contribution in [0.4, 0.5) is 0 Å². The molecule has 4 nitrogen and oxygen atoms in total. The number of rotatable bonds is 6. The first kappa shape index (κ1) is 13.3. The van der Waals surface area contributed by atoms with Gasteiger partial charge in [0.15, 0.2) is 0 Å². The largest absolute Gasteiger partial charge is 0.323 e. The molecule has 0 radical (unpaired) electrons. The van der Waals surface area contributed by atoms with E-state index in [0.717, 1.165) is 25.1 Å². The first-order valence-corrected chi connectivity index (χ1v) is 6.98. The van der Waals surface area contributed by atoms with Crippen molar-refractivity contribution in [3.8, 4) is 0 Å². The molecule has 2 N–H and O–H groups in total. The third-order valence-electron chi connectivity index (χ3n) is 2.98. The Bertz CT molecular complexity index is 463. The summed E-state index contributed by atoms with van der Waals surface area (Å²) >= 11 is 1.81. The second kappa shape index (κ2) is 6.13. The van der Waals surface area contributed by atoms with E-state index in [0.29, 0.717) is 0 Å². The Labute approximate surface area is 112 Å². The van der Waals surface area contributed by atoms with E-state index >= 15 is 0 Å². The SMILES string of the molecule is CN(CCc1cccs1)CC(N)c1cnn(C)c1. The van der Waals surface area contributed by atoms with E-state index in [2.05, 4.69) is 34.6 Å². The molecule has 0 aliphatic rings. The molecule has 0 aliphatic carbocycles. The quantitative estimate of drug-likeness (QED) is 0.863. The van der Waals surface area contributed by atoms with Crippen molar-refractivity contribution in [2.75, 3.05) is 20.1 Å². The molecule has 0 aromatic carbocycles. The van der Waals surface area contributed by atoms with Crippen LogP contribution in [-0.2, 0) is 13.5 Å². The first-order chi connectivity index (χ1) is 8.65. The number of aryl methyl sites for hydroxylation is 1. The minimum absolute atomic E-state index is 0.0343. The van der Waals surface area contributed by atoms with E-state index in [-0.39, 0.29) is 6.04 Å². The molecule has 2 aromatic heterocycles. The van der Waals surface area contributed by atoms with Crippen molar-refractivity contribution in [2.45, 2.75) is 12.5 Å². The molecule has 2 aromatic rings. The smallest absolute Gasteiger partial charge is 0.0537 e. The molecular formula is C13H20N4S. The molecule has 1 unspecified atom stereocenters. The molecule has 0 amide bonds. The monoisotopic (exact) mass is 264 g/mol. The van der Waals surface area contributed by atoms with Crippen LogP contribution in [0.5, 0.6) is 0 Å². The van der Waals surface area contributed by atoms with Crippen LogP contribution in [0, 0.1) is 0 Å². The van der Waals surface area contributed by atoms with Crippen molar-refractivity contribution in [1.82, 2.24) is 14.7 Å².